The molecule has 8 heteroatoms. The second-order valence-electron chi connectivity index (χ2n) is 9.28. The molecule has 1 heterocycles. The molecule has 0 unspecified atom stereocenters. The summed E-state index contributed by atoms with van der Waals surface area (Å²) in [6.07, 6.45) is 0.778. The lowest BCUT2D eigenvalue weighted by atomic mass is 10.1. The van der Waals surface area contributed by atoms with Crippen LogP contribution in [0.15, 0.2) is 77.7 Å². The van der Waals surface area contributed by atoms with Crippen LogP contribution in [0.25, 0.3) is 0 Å². The van der Waals surface area contributed by atoms with Gasteiger partial charge in [0.2, 0.25) is 0 Å². The number of rotatable bonds is 9. The summed E-state index contributed by atoms with van der Waals surface area (Å²) < 4.78 is 28.2. The maximum Gasteiger partial charge on any atom is 0.264 e. The third-order valence-corrected chi connectivity index (χ3v) is 8.61. The Kier molecular flexibility index (Phi) is 8.34. The van der Waals surface area contributed by atoms with Crippen LogP contribution in [0.4, 0.5) is 11.4 Å². The number of ketones is 1. The molecule has 0 bridgehead atoms. The Bertz CT molecular complexity index is 1290. The van der Waals surface area contributed by atoms with Crippen LogP contribution in [-0.4, -0.2) is 58.9 Å². The quantitative estimate of drug-likeness (QED) is 0.402. The molecule has 4 rings (SSSR count). The molecule has 0 radical (unpaired) electrons. The van der Waals surface area contributed by atoms with E-state index in [0.29, 0.717) is 12.1 Å². The van der Waals surface area contributed by atoms with Gasteiger partial charge >= 0.3 is 0 Å². The van der Waals surface area contributed by atoms with E-state index in [-0.39, 0.29) is 28.7 Å². The second kappa shape index (κ2) is 11.5. The normalized spacial score (nSPS) is 14.6. The largest absolute Gasteiger partial charge is 0.369 e. The van der Waals surface area contributed by atoms with Crippen LogP contribution >= 0.6 is 11.6 Å². The van der Waals surface area contributed by atoms with Gasteiger partial charge in [-0.2, -0.15) is 0 Å². The Balaban J connectivity index is 1.47. The van der Waals surface area contributed by atoms with E-state index in [1.807, 2.05) is 13.0 Å². The van der Waals surface area contributed by atoms with Crippen LogP contribution < -0.4 is 9.21 Å². The van der Waals surface area contributed by atoms with Crippen molar-refractivity contribution in [3.05, 3.63) is 88.9 Å². The van der Waals surface area contributed by atoms with Gasteiger partial charge in [0.05, 0.1) is 22.2 Å². The maximum absolute atomic E-state index is 13.5. The number of sulfonamides is 1. The van der Waals surface area contributed by atoms with Crippen molar-refractivity contribution in [3.8, 4) is 0 Å². The predicted molar refractivity (Wildman–Crippen MR) is 147 cm³/mol. The third-order valence-electron chi connectivity index (χ3n) is 6.52. The van der Waals surface area contributed by atoms with Gasteiger partial charge in [-0.3, -0.25) is 9.10 Å². The first kappa shape index (κ1) is 26.2. The highest BCUT2D eigenvalue weighted by atomic mass is 35.5. The van der Waals surface area contributed by atoms with E-state index in [0.717, 1.165) is 41.6 Å². The van der Waals surface area contributed by atoms with Gasteiger partial charge in [-0.1, -0.05) is 48.0 Å². The van der Waals surface area contributed by atoms with Gasteiger partial charge in [0, 0.05) is 38.3 Å². The molecule has 190 valence electrons. The summed E-state index contributed by atoms with van der Waals surface area (Å²) in [6, 6.07) is 21.6. The minimum absolute atomic E-state index is 0.120. The van der Waals surface area contributed by atoms with Crippen LogP contribution in [0.5, 0.6) is 0 Å². The molecule has 0 aromatic heterocycles. The fraction of sp³-hybridized carbons (Fsp3) is 0.321. The molecule has 0 aliphatic carbocycles. The Labute approximate surface area is 219 Å². The van der Waals surface area contributed by atoms with Crippen molar-refractivity contribution >= 4 is 38.8 Å². The van der Waals surface area contributed by atoms with Crippen molar-refractivity contribution in [3.63, 3.8) is 0 Å². The molecule has 6 nitrogen and oxygen atoms in total. The van der Waals surface area contributed by atoms with Gasteiger partial charge < -0.3 is 9.80 Å². The van der Waals surface area contributed by atoms with Crippen LogP contribution in [0, 0.1) is 6.92 Å². The zero-order chi connectivity index (χ0) is 25.7. The summed E-state index contributed by atoms with van der Waals surface area (Å²) in [5.74, 6) is -0.171. The minimum Gasteiger partial charge on any atom is -0.369 e. The zero-order valence-electron chi connectivity index (χ0n) is 20.7. The Morgan fingerprint density at radius 2 is 1.61 bits per heavy atom. The highest BCUT2D eigenvalue weighted by molar-refractivity contribution is 7.92. The fourth-order valence-corrected chi connectivity index (χ4v) is 6.04. The first-order valence-corrected chi connectivity index (χ1v) is 13.9. The number of carbonyl (C=O) groups excluding carboxylic acids is 1. The summed E-state index contributed by atoms with van der Waals surface area (Å²) in [5.41, 5.74) is 3.40. The third kappa shape index (κ3) is 6.27. The second-order valence-corrected chi connectivity index (χ2v) is 11.5. The number of aryl methyl sites for hydroxylation is 2. The number of Topliss-reactive ketones (excluding diaryl/α,β-unsaturated/α-hetero) is 1. The SMILES string of the molecule is Cc1ccc(Cl)c(N(CC(=O)CCc2ccc(N3CCN(C)CC3)cc2)S(=O)(=O)c2ccccc2)c1. The standard InChI is InChI=1S/C28H32ClN3O3S/c1-22-8-15-27(29)28(20-22)32(36(34,35)26-6-4-3-5-7-26)21-25(33)14-11-23-9-12-24(13-10-23)31-18-16-30(2)17-19-31/h3-10,12-13,15,20H,11,14,16-19,21H2,1-2H3. The van der Waals surface area contributed by atoms with Gasteiger partial charge in [-0.25, -0.2) is 8.42 Å². The zero-order valence-corrected chi connectivity index (χ0v) is 22.3. The molecule has 36 heavy (non-hydrogen) atoms. The summed E-state index contributed by atoms with van der Waals surface area (Å²) in [7, 11) is -1.84. The van der Waals surface area contributed by atoms with Gasteiger partial charge in [0.15, 0.2) is 5.78 Å². The number of hydrogen-bond acceptors (Lipinski definition) is 5. The van der Waals surface area contributed by atoms with Crippen LogP contribution in [0.2, 0.25) is 5.02 Å². The van der Waals surface area contributed by atoms with E-state index < -0.39 is 10.0 Å². The molecule has 3 aromatic carbocycles. The average Bonchev–Trinajstić information content (AvgIpc) is 2.89. The van der Waals surface area contributed by atoms with E-state index in [1.165, 1.54) is 17.8 Å². The lowest BCUT2D eigenvalue weighted by Crippen LogP contribution is -2.44. The van der Waals surface area contributed by atoms with E-state index in [2.05, 4.69) is 41.1 Å². The van der Waals surface area contributed by atoms with Gasteiger partial charge in [0.25, 0.3) is 10.0 Å². The van der Waals surface area contributed by atoms with Crippen molar-refractivity contribution in [2.45, 2.75) is 24.7 Å². The molecule has 0 amide bonds. The van der Waals surface area contributed by atoms with Crippen molar-refractivity contribution in [1.82, 2.24) is 4.90 Å². The first-order valence-electron chi connectivity index (χ1n) is 12.1. The molecule has 0 atom stereocenters. The van der Waals surface area contributed by atoms with Crippen molar-refractivity contribution in [1.29, 1.82) is 0 Å². The molecule has 0 N–H and O–H groups in total. The van der Waals surface area contributed by atoms with Crippen molar-refractivity contribution in [2.24, 2.45) is 0 Å². The smallest absolute Gasteiger partial charge is 0.264 e. The van der Waals surface area contributed by atoms with Gasteiger partial charge in [0.1, 0.15) is 0 Å². The molecule has 3 aromatic rings. The number of carbonyl (C=O) groups is 1. The van der Waals surface area contributed by atoms with Crippen LogP contribution in [0.1, 0.15) is 17.5 Å². The summed E-state index contributed by atoms with van der Waals surface area (Å²) in [4.78, 5) is 17.9. The van der Waals surface area contributed by atoms with E-state index in [1.54, 1.807) is 30.3 Å². The summed E-state index contributed by atoms with van der Waals surface area (Å²) >= 11 is 6.40. The maximum atomic E-state index is 13.5. The lowest BCUT2D eigenvalue weighted by molar-refractivity contribution is -0.117. The van der Waals surface area contributed by atoms with Gasteiger partial charge in [-0.05, 0) is 67.9 Å². The predicted octanol–water partition coefficient (Wildman–Crippen LogP) is 4.80. The van der Waals surface area contributed by atoms with Crippen molar-refractivity contribution < 1.29 is 13.2 Å². The van der Waals surface area contributed by atoms with Crippen LogP contribution in [-0.2, 0) is 21.2 Å². The lowest BCUT2D eigenvalue weighted by Gasteiger charge is -2.34. The molecule has 1 saturated heterocycles. The number of piperazine rings is 1. The molecule has 1 fully saturated rings. The fourth-order valence-electron chi connectivity index (χ4n) is 4.29. The minimum atomic E-state index is -3.97. The molecule has 0 spiro atoms. The monoisotopic (exact) mass is 525 g/mol. The van der Waals surface area contributed by atoms with E-state index in [9.17, 15) is 13.2 Å². The number of anilines is 2. The van der Waals surface area contributed by atoms with Gasteiger partial charge in [-0.15, -0.1) is 0 Å². The van der Waals surface area contributed by atoms with E-state index >= 15 is 0 Å². The molecular weight excluding hydrogens is 494 g/mol. The highest BCUT2D eigenvalue weighted by Gasteiger charge is 2.28. The number of benzene rings is 3. The summed E-state index contributed by atoms with van der Waals surface area (Å²) in [6.45, 7) is 5.68. The highest BCUT2D eigenvalue weighted by Crippen LogP contribution is 2.31. The van der Waals surface area contributed by atoms with E-state index in [4.69, 9.17) is 11.6 Å². The Morgan fingerprint density at radius 1 is 0.944 bits per heavy atom. The van der Waals surface area contributed by atoms with Crippen LogP contribution in [0.3, 0.4) is 0 Å². The Morgan fingerprint density at radius 3 is 2.28 bits per heavy atom. The average molecular weight is 526 g/mol. The first-order chi connectivity index (χ1) is 17.2. The molecule has 0 saturated carbocycles. The number of halogens is 1. The summed E-state index contributed by atoms with van der Waals surface area (Å²) in [5, 5.41) is 0.285. The topological polar surface area (TPSA) is 60.9 Å². The molecule has 1 aliphatic heterocycles. The number of nitrogens with zero attached hydrogens (tertiary/aromatic N) is 3. The molecule has 1 aliphatic rings. The Hall–Kier alpha value is -2.87. The number of hydrogen-bond donors (Lipinski definition) is 0. The number of likely N-dealkylation sites (N-methyl/N-ethyl adjacent to an activating group) is 1. The van der Waals surface area contributed by atoms with Crippen molar-refractivity contribution in [2.75, 3.05) is 49.0 Å². The molecular formula is C28H32ClN3O3S.